The minimum Gasteiger partial charge on any atom is -0.481 e. The van der Waals surface area contributed by atoms with Crippen LogP contribution in [0.15, 0.2) is 24.3 Å². The molecule has 1 N–H and O–H groups in total. The maximum Gasteiger partial charge on any atom is 0.308 e. The first-order valence-electron chi connectivity index (χ1n) is 8.05. The van der Waals surface area contributed by atoms with Gasteiger partial charge in [0.2, 0.25) is 5.91 Å². The monoisotopic (exact) mass is 354 g/mol. The highest BCUT2D eigenvalue weighted by atomic mass is 35.5. The van der Waals surface area contributed by atoms with E-state index >= 15 is 0 Å². The molecule has 0 bridgehead atoms. The number of carboxylic acids is 1. The van der Waals surface area contributed by atoms with Gasteiger partial charge in [-0.05, 0) is 24.1 Å². The second-order valence-corrected chi connectivity index (χ2v) is 6.15. The molecule has 0 saturated carbocycles. The Balaban J connectivity index is 0.00000208. The van der Waals surface area contributed by atoms with Crippen molar-refractivity contribution in [3.05, 3.63) is 29.8 Å². The van der Waals surface area contributed by atoms with Gasteiger partial charge in [0.1, 0.15) is 0 Å². The van der Waals surface area contributed by atoms with E-state index in [-0.39, 0.29) is 31.3 Å². The number of rotatable bonds is 4. The number of halogens is 1. The second kappa shape index (κ2) is 8.46. The fraction of sp³-hybridized carbons (Fsp3) is 0.529. The topological polar surface area (TPSA) is 70.1 Å². The first-order chi connectivity index (χ1) is 11.1. The van der Waals surface area contributed by atoms with Gasteiger partial charge >= 0.3 is 5.97 Å². The van der Waals surface area contributed by atoms with Crippen LogP contribution in [0.3, 0.4) is 0 Å². The summed E-state index contributed by atoms with van der Waals surface area (Å²) in [4.78, 5) is 26.9. The third-order valence-electron chi connectivity index (χ3n) is 4.44. The summed E-state index contributed by atoms with van der Waals surface area (Å²) in [5.74, 6) is -1.62. The zero-order valence-corrected chi connectivity index (χ0v) is 14.3. The number of hydrogen-bond acceptors (Lipinski definition) is 4. The van der Waals surface area contributed by atoms with Crippen LogP contribution in [0.1, 0.15) is 18.4 Å². The standard InChI is InChI=1S/C17H22N2O4.ClH/c20-16-10-14(17(21)22)12-19(16)15-4-2-13(3-5-15)11-18-6-1-8-23-9-7-18;/h2-5,14H,1,6-12H2,(H,21,22);1H/t14-;/m0./s1. The van der Waals surface area contributed by atoms with Crippen molar-refractivity contribution >= 4 is 30.0 Å². The number of amides is 1. The molecular formula is C17H23ClN2O4. The Morgan fingerprint density at radius 1 is 1.21 bits per heavy atom. The number of ether oxygens (including phenoxy) is 1. The molecule has 1 amide bonds. The molecule has 1 atom stereocenters. The number of carboxylic acid groups (broad SMARTS) is 1. The molecule has 3 rings (SSSR count). The largest absolute Gasteiger partial charge is 0.481 e. The van der Waals surface area contributed by atoms with Crippen LogP contribution in [0.2, 0.25) is 0 Å². The van der Waals surface area contributed by atoms with Gasteiger partial charge in [0.15, 0.2) is 0 Å². The third kappa shape index (κ3) is 4.47. The lowest BCUT2D eigenvalue weighted by molar-refractivity contribution is -0.141. The molecule has 0 aliphatic carbocycles. The molecule has 132 valence electrons. The van der Waals surface area contributed by atoms with Crippen LogP contribution in [0.4, 0.5) is 5.69 Å². The Morgan fingerprint density at radius 2 is 1.96 bits per heavy atom. The number of carbonyl (C=O) groups is 2. The summed E-state index contributed by atoms with van der Waals surface area (Å²) in [7, 11) is 0. The Labute approximate surface area is 147 Å². The maximum atomic E-state index is 12.0. The predicted octanol–water partition coefficient (Wildman–Crippen LogP) is 1.77. The van der Waals surface area contributed by atoms with Crippen molar-refractivity contribution in [1.29, 1.82) is 0 Å². The summed E-state index contributed by atoms with van der Waals surface area (Å²) in [6.07, 6.45) is 1.14. The average Bonchev–Trinajstić information content (AvgIpc) is 2.76. The van der Waals surface area contributed by atoms with E-state index in [4.69, 9.17) is 9.84 Å². The van der Waals surface area contributed by atoms with Gasteiger partial charge in [-0.25, -0.2) is 0 Å². The smallest absolute Gasteiger partial charge is 0.308 e. The van der Waals surface area contributed by atoms with Crippen molar-refractivity contribution in [3.8, 4) is 0 Å². The Kier molecular flexibility index (Phi) is 6.60. The zero-order valence-electron chi connectivity index (χ0n) is 13.5. The second-order valence-electron chi connectivity index (χ2n) is 6.15. The minimum atomic E-state index is -0.902. The fourth-order valence-corrected chi connectivity index (χ4v) is 3.12. The van der Waals surface area contributed by atoms with Gasteiger partial charge in [0.05, 0.1) is 12.5 Å². The molecule has 7 heteroatoms. The fourth-order valence-electron chi connectivity index (χ4n) is 3.12. The summed E-state index contributed by atoms with van der Waals surface area (Å²) in [5, 5.41) is 9.05. The van der Waals surface area contributed by atoms with Crippen molar-refractivity contribution in [1.82, 2.24) is 4.90 Å². The van der Waals surface area contributed by atoms with E-state index in [0.29, 0.717) is 0 Å². The highest BCUT2D eigenvalue weighted by Crippen LogP contribution is 2.25. The van der Waals surface area contributed by atoms with Gasteiger partial charge in [-0.15, -0.1) is 12.4 Å². The van der Waals surface area contributed by atoms with Crippen LogP contribution in [0.25, 0.3) is 0 Å². The number of carbonyl (C=O) groups excluding carboxylic acids is 1. The van der Waals surface area contributed by atoms with Crippen LogP contribution in [-0.4, -0.2) is 54.7 Å². The Bertz CT molecular complexity index is 570. The summed E-state index contributed by atoms with van der Waals surface area (Å²) in [6, 6.07) is 7.85. The van der Waals surface area contributed by atoms with Gasteiger partial charge in [0, 0.05) is 44.9 Å². The summed E-state index contributed by atoms with van der Waals surface area (Å²) in [5.41, 5.74) is 1.97. The van der Waals surface area contributed by atoms with E-state index in [1.807, 2.05) is 24.3 Å². The summed E-state index contributed by atoms with van der Waals surface area (Å²) < 4.78 is 5.46. The molecule has 1 aromatic carbocycles. The quantitative estimate of drug-likeness (QED) is 0.892. The lowest BCUT2D eigenvalue weighted by atomic mass is 10.1. The molecule has 0 radical (unpaired) electrons. The van der Waals surface area contributed by atoms with E-state index < -0.39 is 11.9 Å². The number of aliphatic carboxylic acids is 1. The first kappa shape index (κ1) is 18.7. The molecule has 2 saturated heterocycles. The summed E-state index contributed by atoms with van der Waals surface area (Å²) in [6.45, 7) is 4.71. The number of benzene rings is 1. The number of nitrogens with zero attached hydrogens (tertiary/aromatic N) is 2. The lowest BCUT2D eigenvalue weighted by Crippen LogP contribution is -2.26. The van der Waals surface area contributed by atoms with Gasteiger partial charge in [-0.2, -0.15) is 0 Å². The molecule has 0 aromatic heterocycles. The molecule has 24 heavy (non-hydrogen) atoms. The average molecular weight is 355 g/mol. The number of hydrogen-bond donors (Lipinski definition) is 1. The van der Waals surface area contributed by atoms with E-state index in [9.17, 15) is 9.59 Å². The van der Waals surface area contributed by atoms with Gasteiger partial charge in [-0.3, -0.25) is 14.5 Å². The van der Waals surface area contributed by atoms with Gasteiger partial charge < -0.3 is 14.7 Å². The van der Waals surface area contributed by atoms with Crippen molar-refractivity contribution in [2.24, 2.45) is 5.92 Å². The molecule has 2 aliphatic heterocycles. The molecule has 2 heterocycles. The lowest BCUT2D eigenvalue weighted by Gasteiger charge is -2.20. The van der Waals surface area contributed by atoms with Crippen LogP contribution in [0.5, 0.6) is 0 Å². The third-order valence-corrected chi connectivity index (χ3v) is 4.44. The highest BCUT2D eigenvalue weighted by Gasteiger charge is 2.34. The first-order valence-corrected chi connectivity index (χ1v) is 8.05. The highest BCUT2D eigenvalue weighted by molar-refractivity contribution is 5.99. The molecule has 0 unspecified atom stereocenters. The molecule has 6 nitrogen and oxygen atoms in total. The van der Waals surface area contributed by atoms with Crippen molar-refractivity contribution < 1.29 is 19.4 Å². The molecule has 2 fully saturated rings. The van der Waals surface area contributed by atoms with E-state index in [2.05, 4.69) is 4.90 Å². The van der Waals surface area contributed by atoms with E-state index in [0.717, 1.165) is 45.0 Å². The Hall–Kier alpha value is -1.63. The Morgan fingerprint density at radius 3 is 2.62 bits per heavy atom. The van der Waals surface area contributed by atoms with Gasteiger partial charge in [0.25, 0.3) is 0 Å². The minimum absolute atomic E-state index is 0. The van der Waals surface area contributed by atoms with Crippen molar-refractivity contribution in [2.75, 3.05) is 37.7 Å². The van der Waals surface area contributed by atoms with Crippen LogP contribution < -0.4 is 4.90 Å². The van der Waals surface area contributed by atoms with Crippen LogP contribution >= 0.6 is 12.4 Å². The van der Waals surface area contributed by atoms with Crippen LogP contribution in [-0.2, 0) is 20.9 Å². The van der Waals surface area contributed by atoms with Gasteiger partial charge in [-0.1, -0.05) is 12.1 Å². The summed E-state index contributed by atoms with van der Waals surface area (Å²) >= 11 is 0. The zero-order chi connectivity index (χ0) is 16.2. The normalized spacial score (nSPS) is 22.1. The van der Waals surface area contributed by atoms with Crippen LogP contribution in [0, 0.1) is 5.92 Å². The van der Waals surface area contributed by atoms with E-state index in [1.165, 1.54) is 5.56 Å². The molecule has 0 spiro atoms. The SMILES string of the molecule is Cl.O=C(O)[C@H]1CC(=O)N(c2ccc(CN3CCCOCC3)cc2)C1. The van der Waals surface area contributed by atoms with E-state index in [1.54, 1.807) is 4.90 Å². The molecular weight excluding hydrogens is 332 g/mol. The predicted molar refractivity (Wildman–Crippen MR) is 92.5 cm³/mol. The molecule has 1 aromatic rings. The maximum absolute atomic E-state index is 12.0. The molecule has 2 aliphatic rings. The number of anilines is 1. The van der Waals surface area contributed by atoms with Crippen molar-refractivity contribution in [2.45, 2.75) is 19.4 Å². The van der Waals surface area contributed by atoms with Crippen molar-refractivity contribution in [3.63, 3.8) is 0 Å².